The average molecular weight is 553 g/mol. The van der Waals surface area contributed by atoms with E-state index in [0.717, 1.165) is 93.1 Å². The summed E-state index contributed by atoms with van der Waals surface area (Å²) >= 11 is 0. The Bertz CT molecular complexity index is 1090. The molecule has 39 heavy (non-hydrogen) atoms. The molecule has 4 heterocycles. The molecule has 12 heteroatoms. The van der Waals surface area contributed by atoms with Gasteiger partial charge in [0.25, 0.3) is 0 Å². The first-order chi connectivity index (χ1) is 18.7. The number of hydrogen-bond acceptors (Lipinski definition) is 7. The molecule has 3 fully saturated rings. The number of hydrogen-bond donors (Lipinski definition) is 2. The van der Waals surface area contributed by atoms with Gasteiger partial charge in [0, 0.05) is 56.5 Å². The SMILES string of the molecule is Cc1ccc(NC(=O)N2CCCC2)cc1-c1cnc(OC2CCOCC2)c(N2CCOCC2)c1.OC(F)(F)F. The zero-order chi connectivity index (χ0) is 27.8. The summed E-state index contributed by atoms with van der Waals surface area (Å²) in [6, 6.07) is 8.20. The summed E-state index contributed by atoms with van der Waals surface area (Å²) < 4.78 is 47.1. The first kappa shape index (κ1) is 28.9. The van der Waals surface area contributed by atoms with Gasteiger partial charge in [-0.3, -0.25) is 0 Å². The van der Waals surface area contributed by atoms with Crippen LogP contribution in [0.2, 0.25) is 0 Å². The number of carbonyl (C=O) groups is 1. The molecule has 3 aliphatic heterocycles. The van der Waals surface area contributed by atoms with E-state index in [0.29, 0.717) is 19.1 Å². The van der Waals surface area contributed by atoms with Crippen LogP contribution in [0, 0.1) is 6.92 Å². The number of rotatable bonds is 5. The highest BCUT2D eigenvalue weighted by Gasteiger charge is 2.23. The van der Waals surface area contributed by atoms with Crippen molar-refractivity contribution in [3.8, 4) is 17.0 Å². The van der Waals surface area contributed by atoms with Crippen molar-refractivity contribution in [1.29, 1.82) is 0 Å². The van der Waals surface area contributed by atoms with Crippen LogP contribution in [0.25, 0.3) is 11.1 Å². The summed E-state index contributed by atoms with van der Waals surface area (Å²) in [4.78, 5) is 21.5. The van der Waals surface area contributed by atoms with Gasteiger partial charge in [-0.15, -0.1) is 13.2 Å². The Labute approximate surface area is 225 Å². The van der Waals surface area contributed by atoms with E-state index in [1.165, 1.54) is 0 Å². The maximum Gasteiger partial charge on any atom is 0.519 e. The summed E-state index contributed by atoms with van der Waals surface area (Å²) in [5.74, 6) is 0.675. The summed E-state index contributed by atoms with van der Waals surface area (Å²) in [5.41, 5.74) is 4.99. The Morgan fingerprint density at radius 1 is 1.05 bits per heavy atom. The second-order valence-corrected chi connectivity index (χ2v) is 9.70. The molecule has 1 aromatic heterocycles. The van der Waals surface area contributed by atoms with Crippen LogP contribution < -0.4 is 15.0 Å². The number of aromatic nitrogens is 1. The van der Waals surface area contributed by atoms with Crippen molar-refractivity contribution in [2.75, 3.05) is 62.8 Å². The molecule has 9 nitrogen and oxygen atoms in total. The van der Waals surface area contributed by atoms with Crippen molar-refractivity contribution < 1.29 is 37.3 Å². The van der Waals surface area contributed by atoms with Crippen molar-refractivity contribution in [2.24, 2.45) is 0 Å². The lowest BCUT2D eigenvalue weighted by atomic mass is 10.0. The topological polar surface area (TPSA) is 96.4 Å². The normalized spacial score (nSPS) is 18.4. The third-order valence-electron chi connectivity index (χ3n) is 6.82. The summed E-state index contributed by atoms with van der Waals surface area (Å²) in [6.07, 6.45) is 0.911. The fourth-order valence-corrected chi connectivity index (χ4v) is 4.79. The van der Waals surface area contributed by atoms with E-state index < -0.39 is 6.36 Å². The number of pyridine rings is 1. The van der Waals surface area contributed by atoms with E-state index in [1.54, 1.807) is 0 Å². The first-order valence-electron chi connectivity index (χ1n) is 13.2. The van der Waals surface area contributed by atoms with Gasteiger partial charge < -0.3 is 34.4 Å². The number of amides is 2. The Hall–Kier alpha value is -3.09. The van der Waals surface area contributed by atoms with Crippen LogP contribution in [-0.4, -0.2) is 86.1 Å². The van der Waals surface area contributed by atoms with Gasteiger partial charge in [-0.2, -0.15) is 0 Å². The zero-order valence-electron chi connectivity index (χ0n) is 22.0. The number of alkyl halides is 3. The first-order valence-corrected chi connectivity index (χ1v) is 13.2. The smallest absolute Gasteiger partial charge is 0.473 e. The number of morpholine rings is 1. The predicted molar refractivity (Wildman–Crippen MR) is 140 cm³/mol. The highest BCUT2D eigenvalue weighted by Crippen LogP contribution is 2.35. The number of ether oxygens (including phenoxy) is 3. The van der Waals surface area contributed by atoms with Crippen LogP contribution >= 0.6 is 0 Å². The zero-order valence-corrected chi connectivity index (χ0v) is 22.0. The molecule has 2 amide bonds. The molecule has 0 spiro atoms. The molecule has 0 atom stereocenters. The maximum atomic E-state index is 12.6. The van der Waals surface area contributed by atoms with Crippen molar-refractivity contribution in [2.45, 2.75) is 45.1 Å². The van der Waals surface area contributed by atoms with Crippen LogP contribution in [0.5, 0.6) is 5.88 Å². The van der Waals surface area contributed by atoms with Crippen molar-refractivity contribution in [1.82, 2.24) is 9.88 Å². The van der Waals surface area contributed by atoms with Crippen molar-refractivity contribution in [3.05, 3.63) is 36.0 Å². The molecule has 214 valence electrons. The van der Waals surface area contributed by atoms with Gasteiger partial charge >= 0.3 is 12.4 Å². The second kappa shape index (κ2) is 13.3. The molecule has 2 N–H and O–H groups in total. The lowest BCUT2D eigenvalue weighted by molar-refractivity contribution is -0.295. The number of aryl methyl sites for hydroxylation is 1. The highest BCUT2D eigenvalue weighted by molar-refractivity contribution is 5.90. The third kappa shape index (κ3) is 8.70. The van der Waals surface area contributed by atoms with Gasteiger partial charge in [0.05, 0.1) is 26.4 Å². The van der Waals surface area contributed by atoms with Crippen LogP contribution in [0.4, 0.5) is 29.3 Å². The number of aliphatic hydroxyl groups is 1. The van der Waals surface area contributed by atoms with Crippen LogP contribution in [0.15, 0.2) is 30.5 Å². The largest absolute Gasteiger partial charge is 0.519 e. The number of halogens is 3. The summed E-state index contributed by atoms with van der Waals surface area (Å²) in [5, 5.41) is 9.59. The van der Waals surface area contributed by atoms with Crippen LogP contribution in [0.3, 0.4) is 0 Å². The fraction of sp³-hybridized carbons (Fsp3) is 0.556. The third-order valence-corrected chi connectivity index (χ3v) is 6.82. The van der Waals surface area contributed by atoms with Gasteiger partial charge in [-0.1, -0.05) is 6.07 Å². The quantitative estimate of drug-likeness (QED) is 0.561. The highest BCUT2D eigenvalue weighted by atomic mass is 19.4. The molecule has 0 saturated carbocycles. The van der Waals surface area contributed by atoms with Gasteiger partial charge in [0.2, 0.25) is 5.88 Å². The molecule has 0 aliphatic carbocycles. The Balaban J connectivity index is 0.000000648. The number of carbonyl (C=O) groups excluding carboxylic acids is 1. The van der Waals surface area contributed by atoms with E-state index in [2.05, 4.69) is 29.3 Å². The van der Waals surface area contributed by atoms with E-state index >= 15 is 0 Å². The molecule has 0 bridgehead atoms. The minimum atomic E-state index is -5.00. The standard InChI is InChI=1S/C26H34N4O4.CHF3O/c1-19-4-5-21(28-26(31)30-8-2-3-9-30)17-23(19)20-16-24(29-10-14-33-15-11-29)25(27-18-20)34-22-6-12-32-13-7-22;2-1(3,4)5/h4-5,16-18,22H,2-3,6-15H2,1H3,(H,28,31);5H. The minimum absolute atomic E-state index is 0.0281. The number of anilines is 2. The van der Waals surface area contributed by atoms with E-state index in [-0.39, 0.29) is 12.1 Å². The molecule has 5 rings (SSSR count). The number of nitrogens with one attached hydrogen (secondary N) is 1. The Morgan fingerprint density at radius 2 is 1.69 bits per heavy atom. The second-order valence-electron chi connectivity index (χ2n) is 9.70. The molecule has 1 aromatic carbocycles. The molecule has 3 saturated heterocycles. The summed E-state index contributed by atoms with van der Waals surface area (Å²) in [6.45, 7) is 8.19. The Kier molecular flexibility index (Phi) is 9.87. The van der Waals surface area contributed by atoms with E-state index in [4.69, 9.17) is 24.3 Å². The molecular formula is C27H35F3N4O5. The number of likely N-dealkylation sites (tertiary alicyclic amines) is 1. The van der Waals surface area contributed by atoms with Crippen LogP contribution in [0.1, 0.15) is 31.2 Å². The maximum absolute atomic E-state index is 12.6. The fourth-order valence-electron chi connectivity index (χ4n) is 4.79. The van der Waals surface area contributed by atoms with Gasteiger partial charge in [0.15, 0.2) is 0 Å². The predicted octanol–water partition coefficient (Wildman–Crippen LogP) is 4.58. The average Bonchev–Trinajstić information content (AvgIpc) is 3.46. The lowest BCUT2D eigenvalue weighted by Gasteiger charge is -2.31. The Morgan fingerprint density at radius 3 is 2.36 bits per heavy atom. The van der Waals surface area contributed by atoms with Crippen LogP contribution in [-0.2, 0) is 9.47 Å². The van der Waals surface area contributed by atoms with Crippen molar-refractivity contribution >= 4 is 17.4 Å². The molecule has 2 aromatic rings. The van der Waals surface area contributed by atoms with Crippen molar-refractivity contribution in [3.63, 3.8) is 0 Å². The molecule has 0 unspecified atom stereocenters. The number of nitrogens with zero attached hydrogens (tertiary/aromatic N) is 3. The van der Waals surface area contributed by atoms with E-state index in [9.17, 15) is 18.0 Å². The number of urea groups is 1. The molecular weight excluding hydrogens is 517 g/mol. The number of benzene rings is 1. The lowest BCUT2D eigenvalue weighted by Crippen LogP contribution is -2.37. The van der Waals surface area contributed by atoms with Gasteiger partial charge in [-0.25, -0.2) is 9.78 Å². The minimum Gasteiger partial charge on any atom is -0.473 e. The summed E-state index contributed by atoms with van der Waals surface area (Å²) in [7, 11) is 0. The van der Waals surface area contributed by atoms with Gasteiger partial charge in [-0.05, 0) is 49.1 Å². The monoisotopic (exact) mass is 552 g/mol. The van der Waals surface area contributed by atoms with Gasteiger partial charge in [0.1, 0.15) is 11.8 Å². The molecule has 3 aliphatic rings. The molecule has 0 radical (unpaired) electrons. The van der Waals surface area contributed by atoms with E-state index in [1.807, 2.05) is 23.2 Å².